The van der Waals surface area contributed by atoms with E-state index in [2.05, 4.69) is 0 Å². The lowest BCUT2D eigenvalue weighted by molar-refractivity contribution is -0.141. The van der Waals surface area contributed by atoms with Crippen LogP contribution in [0.3, 0.4) is 0 Å². The smallest absolute Gasteiger partial charge is 0.264 e. The Balaban J connectivity index is 1.42. The van der Waals surface area contributed by atoms with Gasteiger partial charge in [-0.1, -0.05) is 0 Å². The van der Waals surface area contributed by atoms with Crippen LogP contribution >= 0.6 is 0 Å². The first-order valence-corrected chi connectivity index (χ1v) is 14.7. The van der Waals surface area contributed by atoms with Crippen LogP contribution in [0.25, 0.3) is 0 Å². The lowest BCUT2D eigenvalue weighted by Crippen LogP contribution is -2.51. The number of benzene rings is 1. The lowest BCUT2D eigenvalue weighted by atomic mass is 9.78. The van der Waals surface area contributed by atoms with Crippen molar-refractivity contribution in [2.45, 2.75) is 51.1 Å². The van der Waals surface area contributed by atoms with Gasteiger partial charge in [0.2, 0.25) is 11.8 Å². The quantitative estimate of drug-likeness (QED) is 0.320. The summed E-state index contributed by atoms with van der Waals surface area (Å²) in [6.45, 7) is 5.73. The topological polar surface area (TPSA) is 137 Å². The molecule has 2 heterocycles. The average molecular weight is 558 g/mol. The summed E-state index contributed by atoms with van der Waals surface area (Å²) in [5.41, 5.74) is 0.641. The second-order valence-corrected chi connectivity index (χ2v) is 12.2. The van der Waals surface area contributed by atoms with Gasteiger partial charge in [-0.15, -0.1) is 0 Å². The predicted molar refractivity (Wildman–Crippen MR) is 135 cm³/mol. The van der Waals surface area contributed by atoms with Crippen LogP contribution in [0.4, 0.5) is 10.1 Å². The molecule has 1 saturated carbocycles. The molecule has 2 N–H and O–H groups in total. The van der Waals surface area contributed by atoms with Crippen LogP contribution in [0.1, 0.15) is 26.7 Å². The van der Waals surface area contributed by atoms with Crippen molar-refractivity contribution in [1.29, 1.82) is 0 Å². The Kier molecular flexibility index (Phi) is 8.62. The number of aliphatic hydroxyl groups is 2. The molecule has 0 radical (unpaired) electrons. The Morgan fingerprint density at radius 1 is 1.00 bits per heavy atom. The summed E-state index contributed by atoms with van der Waals surface area (Å²) in [4.78, 5) is 30.9. The number of piperazine rings is 1. The summed E-state index contributed by atoms with van der Waals surface area (Å²) in [5.74, 6) is -2.24. The number of carbonyl (C=O) groups is 2. The molecular weight excluding hydrogens is 521 g/mol. The number of carbonyl (C=O) groups excluding carboxylic acids is 2. The highest BCUT2D eigenvalue weighted by Gasteiger charge is 2.52. The Bertz CT molecular complexity index is 1110. The van der Waals surface area contributed by atoms with E-state index in [0.717, 1.165) is 11.2 Å². The molecule has 0 spiro atoms. The molecule has 13 heteroatoms. The van der Waals surface area contributed by atoms with Gasteiger partial charge in [0.05, 0.1) is 48.6 Å². The first-order chi connectivity index (χ1) is 17.8. The molecule has 3 aliphatic rings. The molecule has 11 nitrogen and oxygen atoms in total. The van der Waals surface area contributed by atoms with Crippen molar-refractivity contribution < 1.29 is 41.5 Å². The lowest BCUT2D eigenvalue weighted by Gasteiger charge is -2.38. The Morgan fingerprint density at radius 2 is 1.58 bits per heavy atom. The molecule has 1 aliphatic carbocycles. The summed E-state index contributed by atoms with van der Waals surface area (Å²) >= 11 is 0. The molecule has 2 saturated heterocycles. The molecular formula is C25H36FN3O8S. The maximum atomic E-state index is 14.0. The van der Waals surface area contributed by atoms with E-state index in [-0.39, 0.29) is 37.9 Å². The third-order valence-corrected chi connectivity index (χ3v) is 7.86. The van der Waals surface area contributed by atoms with E-state index in [4.69, 9.17) is 8.92 Å². The molecule has 1 aromatic carbocycles. The van der Waals surface area contributed by atoms with Crippen LogP contribution < -0.4 is 9.64 Å². The first-order valence-electron chi connectivity index (χ1n) is 12.9. The maximum Gasteiger partial charge on any atom is 0.264 e. The zero-order valence-electron chi connectivity index (χ0n) is 21.8. The zero-order chi connectivity index (χ0) is 27.8. The standard InChI is InChI=1S/C25H36FN3O8S/c1-15(2)36-23-5-4-16(26)10-20(23)28-8-6-27(7-9-28)13-17(37-38(3,34)35)14-29-24(32)18-11-21(30)22(31)12-19(18)25(29)33/h4-5,10,15,17-19,21-22,30-31H,6-9,11-14H2,1-3H3. The van der Waals surface area contributed by atoms with Crippen molar-refractivity contribution in [2.75, 3.05) is 50.4 Å². The van der Waals surface area contributed by atoms with E-state index < -0.39 is 52.1 Å². The van der Waals surface area contributed by atoms with E-state index >= 15 is 0 Å². The summed E-state index contributed by atoms with van der Waals surface area (Å²) < 4.78 is 49.1. The van der Waals surface area contributed by atoms with Gasteiger partial charge in [0.1, 0.15) is 17.7 Å². The Morgan fingerprint density at radius 3 is 2.11 bits per heavy atom. The van der Waals surface area contributed by atoms with E-state index in [9.17, 15) is 32.6 Å². The molecule has 212 valence electrons. The minimum atomic E-state index is -3.89. The van der Waals surface area contributed by atoms with Crippen molar-refractivity contribution >= 4 is 27.6 Å². The molecule has 0 aromatic heterocycles. The number of anilines is 1. The van der Waals surface area contributed by atoms with Crippen LogP contribution in [-0.4, -0.2) is 110 Å². The van der Waals surface area contributed by atoms with Crippen LogP contribution in [0.15, 0.2) is 18.2 Å². The van der Waals surface area contributed by atoms with Gasteiger partial charge < -0.3 is 19.8 Å². The number of ether oxygens (including phenoxy) is 1. The monoisotopic (exact) mass is 557 g/mol. The van der Waals surface area contributed by atoms with Crippen LogP contribution in [0, 0.1) is 17.7 Å². The van der Waals surface area contributed by atoms with Crippen LogP contribution in [-0.2, 0) is 23.9 Å². The van der Waals surface area contributed by atoms with Gasteiger partial charge in [-0.3, -0.25) is 23.6 Å². The molecule has 2 aliphatic heterocycles. The third-order valence-electron chi connectivity index (χ3n) is 7.24. The molecule has 38 heavy (non-hydrogen) atoms. The highest BCUT2D eigenvalue weighted by molar-refractivity contribution is 7.86. The summed E-state index contributed by atoms with van der Waals surface area (Å²) in [7, 11) is -3.89. The van der Waals surface area contributed by atoms with Crippen molar-refractivity contribution in [3.8, 4) is 5.75 Å². The highest BCUT2D eigenvalue weighted by Crippen LogP contribution is 2.38. The van der Waals surface area contributed by atoms with Crippen molar-refractivity contribution in [3.63, 3.8) is 0 Å². The van der Waals surface area contributed by atoms with Crippen molar-refractivity contribution in [1.82, 2.24) is 9.80 Å². The van der Waals surface area contributed by atoms with Crippen molar-refractivity contribution in [3.05, 3.63) is 24.0 Å². The molecule has 0 bridgehead atoms. The number of aliphatic hydroxyl groups excluding tert-OH is 2. The largest absolute Gasteiger partial charge is 0.489 e. The summed E-state index contributed by atoms with van der Waals surface area (Å²) in [6.07, 6.45) is -2.37. The second-order valence-electron chi connectivity index (χ2n) is 10.6. The fourth-order valence-corrected chi connectivity index (χ4v) is 6.13. The molecule has 5 unspecified atom stereocenters. The van der Waals surface area contributed by atoms with Gasteiger partial charge in [0, 0.05) is 38.8 Å². The molecule has 3 fully saturated rings. The van der Waals surface area contributed by atoms with E-state index in [1.54, 1.807) is 6.07 Å². The van der Waals surface area contributed by atoms with Gasteiger partial charge >= 0.3 is 0 Å². The number of amides is 2. The van der Waals surface area contributed by atoms with Crippen LogP contribution in [0.2, 0.25) is 0 Å². The fourth-order valence-electron chi connectivity index (χ4n) is 5.52. The first kappa shape index (κ1) is 28.7. The number of nitrogens with zero attached hydrogens (tertiary/aromatic N) is 3. The van der Waals surface area contributed by atoms with Gasteiger partial charge in [-0.25, -0.2) is 4.39 Å². The average Bonchev–Trinajstić information content (AvgIpc) is 3.04. The minimum absolute atomic E-state index is 0.0188. The number of rotatable bonds is 9. The maximum absolute atomic E-state index is 14.0. The van der Waals surface area contributed by atoms with E-state index in [1.807, 2.05) is 23.6 Å². The number of halogens is 1. The van der Waals surface area contributed by atoms with Gasteiger partial charge in [-0.05, 0) is 38.8 Å². The van der Waals surface area contributed by atoms with Crippen molar-refractivity contribution in [2.24, 2.45) is 11.8 Å². The zero-order valence-corrected chi connectivity index (χ0v) is 22.6. The molecule has 2 amide bonds. The third kappa shape index (κ3) is 6.63. The Hall–Kier alpha value is -2.32. The number of fused-ring (bicyclic) bond motifs is 1. The SMILES string of the molecule is CC(C)Oc1ccc(F)cc1N1CCN(CC(CN2C(=O)C3CC(O)C(O)CC3C2=O)OS(C)(=O)=O)CC1. The van der Waals surface area contributed by atoms with Crippen LogP contribution in [0.5, 0.6) is 5.75 Å². The van der Waals surface area contributed by atoms with Gasteiger partial charge in [0.25, 0.3) is 10.1 Å². The van der Waals surface area contributed by atoms with E-state index in [0.29, 0.717) is 37.6 Å². The molecule has 1 aromatic rings. The predicted octanol–water partition coefficient (Wildman–Crippen LogP) is 0.197. The summed E-state index contributed by atoms with van der Waals surface area (Å²) in [5, 5.41) is 19.9. The number of hydrogen-bond acceptors (Lipinski definition) is 10. The Labute approximate surface area is 222 Å². The molecule has 4 rings (SSSR count). The fraction of sp³-hybridized carbons (Fsp3) is 0.680. The van der Waals surface area contributed by atoms with E-state index in [1.165, 1.54) is 12.1 Å². The minimum Gasteiger partial charge on any atom is -0.489 e. The molecule has 5 atom stereocenters. The van der Waals surface area contributed by atoms with Gasteiger partial charge in [-0.2, -0.15) is 8.42 Å². The number of hydrogen-bond donors (Lipinski definition) is 2. The van der Waals surface area contributed by atoms with Gasteiger partial charge in [0.15, 0.2) is 0 Å². The second kappa shape index (κ2) is 11.4. The number of likely N-dealkylation sites (tertiary alicyclic amines) is 1. The number of imide groups is 1. The highest BCUT2D eigenvalue weighted by atomic mass is 32.2. The summed E-state index contributed by atoms with van der Waals surface area (Å²) in [6, 6.07) is 4.39. The normalized spacial score (nSPS) is 27.7.